The van der Waals surface area contributed by atoms with Crippen LogP contribution >= 0.6 is 0 Å². The van der Waals surface area contributed by atoms with Crippen LogP contribution in [0.4, 0.5) is 0 Å². The van der Waals surface area contributed by atoms with Gasteiger partial charge in [-0.25, -0.2) is 0 Å². The summed E-state index contributed by atoms with van der Waals surface area (Å²) in [5, 5.41) is 9.03. The highest BCUT2D eigenvalue weighted by atomic mass is 16.2. The van der Waals surface area contributed by atoms with Crippen molar-refractivity contribution in [3.05, 3.63) is 0 Å². The van der Waals surface area contributed by atoms with Gasteiger partial charge in [0.2, 0.25) is 11.8 Å². The maximum absolute atomic E-state index is 11.6. The summed E-state index contributed by atoms with van der Waals surface area (Å²) in [5.74, 6) is 0.890. The molecule has 3 N–H and O–H groups in total. The van der Waals surface area contributed by atoms with Gasteiger partial charge in [-0.05, 0) is 25.7 Å². The molecule has 120 valence electrons. The zero-order valence-electron chi connectivity index (χ0n) is 13.4. The van der Waals surface area contributed by atoms with E-state index in [-0.39, 0.29) is 24.3 Å². The summed E-state index contributed by atoms with van der Waals surface area (Å²) in [6, 6.07) is 0.298. The first-order valence-corrected chi connectivity index (χ1v) is 7.36. The van der Waals surface area contributed by atoms with E-state index >= 15 is 0 Å². The normalized spacial score (nSPS) is 22.4. The predicted molar refractivity (Wildman–Crippen MR) is 83.0 cm³/mol. The van der Waals surface area contributed by atoms with Crippen molar-refractivity contribution in [2.75, 3.05) is 34.7 Å². The number of amides is 2. The van der Waals surface area contributed by atoms with Gasteiger partial charge in [-0.2, -0.15) is 0 Å². The Kier molecular flexibility index (Phi) is 6.98. The molecule has 0 unspecified atom stereocenters. The molecule has 0 radical (unpaired) electrons. The van der Waals surface area contributed by atoms with Crippen molar-refractivity contribution < 1.29 is 9.59 Å². The topological polar surface area (TPSA) is 85.8 Å². The monoisotopic (exact) mass is 297 g/mol. The van der Waals surface area contributed by atoms with Gasteiger partial charge >= 0.3 is 0 Å². The fraction of sp³-hybridized carbons (Fsp3) is 0.786. The van der Waals surface area contributed by atoms with Gasteiger partial charge in [0.05, 0.1) is 6.54 Å². The quantitative estimate of drug-likeness (QED) is 0.484. The molecule has 1 saturated carbocycles. The van der Waals surface area contributed by atoms with E-state index in [1.54, 1.807) is 28.2 Å². The molecule has 1 rings (SSSR count). The van der Waals surface area contributed by atoms with Crippen LogP contribution in [-0.4, -0.2) is 63.5 Å². The number of hydrogen-bond acceptors (Lipinski definition) is 3. The van der Waals surface area contributed by atoms with Crippen molar-refractivity contribution in [1.82, 2.24) is 20.9 Å². The lowest BCUT2D eigenvalue weighted by atomic mass is 9.85. The lowest BCUT2D eigenvalue weighted by Gasteiger charge is -2.29. The molecular weight excluding hydrogens is 270 g/mol. The Morgan fingerprint density at radius 3 is 2.29 bits per heavy atom. The number of guanidine groups is 1. The summed E-state index contributed by atoms with van der Waals surface area (Å²) < 4.78 is 0. The number of likely N-dealkylation sites (N-methyl/N-ethyl adjacent to an activating group) is 1. The van der Waals surface area contributed by atoms with E-state index in [2.05, 4.69) is 20.9 Å². The molecule has 7 nitrogen and oxygen atoms in total. The minimum atomic E-state index is 0.00118. The Morgan fingerprint density at radius 1 is 1.19 bits per heavy atom. The van der Waals surface area contributed by atoms with E-state index in [0.717, 1.165) is 25.7 Å². The zero-order valence-corrected chi connectivity index (χ0v) is 13.4. The second-order valence-electron chi connectivity index (χ2n) is 5.52. The molecule has 0 saturated heterocycles. The number of nitrogens with zero attached hydrogens (tertiary/aromatic N) is 2. The predicted octanol–water partition coefficient (Wildman–Crippen LogP) is -0.456. The first kappa shape index (κ1) is 17.3. The van der Waals surface area contributed by atoms with Crippen LogP contribution in [0, 0.1) is 5.92 Å². The van der Waals surface area contributed by atoms with Crippen molar-refractivity contribution in [3.63, 3.8) is 0 Å². The van der Waals surface area contributed by atoms with E-state index in [4.69, 9.17) is 0 Å². The maximum atomic E-state index is 11.6. The van der Waals surface area contributed by atoms with E-state index < -0.39 is 0 Å². The maximum Gasteiger partial charge on any atom is 0.241 e. The molecule has 0 spiro atoms. The van der Waals surface area contributed by atoms with Gasteiger partial charge in [-0.15, -0.1) is 0 Å². The third kappa shape index (κ3) is 5.61. The summed E-state index contributed by atoms with van der Waals surface area (Å²) in [6.07, 6.45) is 3.62. The van der Waals surface area contributed by atoms with Gasteiger partial charge < -0.3 is 20.9 Å². The molecule has 0 aliphatic heterocycles. The van der Waals surface area contributed by atoms with Gasteiger partial charge in [0, 0.05) is 40.2 Å². The fourth-order valence-corrected chi connectivity index (χ4v) is 2.41. The van der Waals surface area contributed by atoms with Crippen LogP contribution in [0.5, 0.6) is 0 Å². The van der Waals surface area contributed by atoms with E-state index in [1.165, 1.54) is 4.90 Å². The molecule has 2 amide bonds. The average molecular weight is 297 g/mol. The molecule has 0 aromatic rings. The minimum absolute atomic E-state index is 0.00118. The van der Waals surface area contributed by atoms with Gasteiger partial charge in [-0.3, -0.25) is 14.6 Å². The molecule has 21 heavy (non-hydrogen) atoms. The van der Waals surface area contributed by atoms with Crippen LogP contribution in [0.3, 0.4) is 0 Å². The van der Waals surface area contributed by atoms with Gasteiger partial charge in [0.15, 0.2) is 5.96 Å². The number of aliphatic imine (C=N–C) groups is 1. The van der Waals surface area contributed by atoms with Crippen molar-refractivity contribution in [2.24, 2.45) is 10.9 Å². The zero-order chi connectivity index (χ0) is 15.8. The number of hydrogen-bond donors (Lipinski definition) is 3. The lowest BCUT2D eigenvalue weighted by molar-refractivity contribution is -0.127. The Balaban J connectivity index is 2.36. The second kappa shape index (κ2) is 8.49. The summed E-state index contributed by atoms with van der Waals surface area (Å²) in [6.45, 7) is 0.222. The highest BCUT2D eigenvalue weighted by Crippen LogP contribution is 2.24. The Morgan fingerprint density at radius 2 is 1.81 bits per heavy atom. The molecule has 1 aliphatic rings. The number of rotatable bonds is 4. The number of carbonyl (C=O) groups is 2. The van der Waals surface area contributed by atoms with Crippen LogP contribution in [-0.2, 0) is 9.59 Å². The third-order valence-corrected chi connectivity index (χ3v) is 3.81. The van der Waals surface area contributed by atoms with Crippen molar-refractivity contribution >= 4 is 17.8 Å². The Labute approximate surface area is 126 Å². The molecule has 0 aromatic heterocycles. The van der Waals surface area contributed by atoms with Gasteiger partial charge in [0.1, 0.15) is 0 Å². The molecule has 1 fully saturated rings. The first-order valence-electron chi connectivity index (χ1n) is 7.36. The van der Waals surface area contributed by atoms with Crippen molar-refractivity contribution in [2.45, 2.75) is 31.7 Å². The van der Waals surface area contributed by atoms with Crippen LogP contribution in [0.15, 0.2) is 4.99 Å². The van der Waals surface area contributed by atoms with Crippen molar-refractivity contribution in [1.29, 1.82) is 0 Å². The van der Waals surface area contributed by atoms with Crippen LogP contribution in [0.25, 0.3) is 0 Å². The second-order valence-corrected chi connectivity index (χ2v) is 5.52. The summed E-state index contributed by atoms with van der Waals surface area (Å²) in [7, 11) is 6.81. The Hall–Kier alpha value is -1.79. The number of nitrogens with one attached hydrogen (secondary N) is 3. The average Bonchev–Trinajstić information content (AvgIpc) is 2.50. The van der Waals surface area contributed by atoms with Crippen molar-refractivity contribution in [3.8, 4) is 0 Å². The molecule has 7 heteroatoms. The van der Waals surface area contributed by atoms with Crippen LogP contribution < -0.4 is 16.0 Å². The molecular formula is C14H27N5O2. The summed E-state index contributed by atoms with van der Waals surface area (Å²) >= 11 is 0. The summed E-state index contributed by atoms with van der Waals surface area (Å²) in [5.41, 5.74) is 0. The molecule has 0 bridgehead atoms. The highest BCUT2D eigenvalue weighted by molar-refractivity contribution is 5.86. The van der Waals surface area contributed by atoms with Gasteiger partial charge in [-0.1, -0.05) is 0 Å². The minimum Gasteiger partial charge on any atom is -0.359 e. The highest BCUT2D eigenvalue weighted by Gasteiger charge is 2.26. The smallest absolute Gasteiger partial charge is 0.241 e. The van der Waals surface area contributed by atoms with E-state index in [1.807, 2.05) is 0 Å². The largest absolute Gasteiger partial charge is 0.359 e. The standard InChI is InChI=1S/C14H27N5O2/c1-15-13(21)10-5-7-11(8-6-10)18-14(16-2)17-9-12(20)19(3)4/h10-11H,5-9H2,1-4H3,(H,15,21)(H2,16,17,18). The molecule has 0 atom stereocenters. The van der Waals surface area contributed by atoms with E-state index in [9.17, 15) is 9.59 Å². The van der Waals surface area contributed by atoms with E-state index in [0.29, 0.717) is 12.0 Å². The fourth-order valence-electron chi connectivity index (χ4n) is 2.41. The molecule has 1 aliphatic carbocycles. The SMILES string of the molecule is CN=C(NCC(=O)N(C)C)NC1CCC(C(=O)NC)CC1. The first-order chi connectivity index (χ1) is 9.97. The Bertz CT molecular complexity index is 387. The van der Waals surface area contributed by atoms with Crippen LogP contribution in [0.1, 0.15) is 25.7 Å². The third-order valence-electron chi connectivity index (χ3n) is 3.81. The van der Waals surface area contributed by atoms with Crippen LogP contribution in [0.2, 0.25) is 0 Å². The number of carbonyl (C=O) groups excluding carboxylic acids is 2. The van der Waals surface area contributed by atoms with Gasteiger partial charge in [0.25, 0.3) is 0 Å². The summed E-state index contributed by atoms with van der Waals surface area (Å²) in [4.78, 5) is 28.8. The molecule has 0 heterocycles. The lowest BCUT2D eigenvalue weighted by Crippen LogP contribution is -2.48. The molecule has 0 aromatic carbocycles.